The summed E-state index contributed by atoms with van der Waals surface area (Å²) in [6.45, 7) is 0.328. The van der Waals surface area contributed by atoms with Crippen molar-refractivity contribution in [1.29, 1.82) is 0 Å². The van der Waals surface area contributed by atoms with Crippen molar-refractivity contribution in [3.8, 4) is 0 Å². The van der Waals surface area contributed by atoms with Gasteiger partial charge in [-0.05, 0) is 5.56 Å². The third kappa shape index (κ3) is 3.80. The van der Waals surface area contributed by atoms with Crippen LogP contribution in [-0.2, 0) is 16.1 Å². The first-order valence-corrected chi connectivity index (χ1v) is 6.18. The Hall–Kier alpha value is -0.350. The van der Waals surface area contributed by atoms with E-state index in [1.165, 1.54) is 0 Å². The molecule has 0 fully saturated rings. The van der Waals surface area contributed by atoms with E-state index in [2.05, 4.69) is 31.9 Å². The van der Waals surface area contributed by atoms with E-state index in [9.17, 15) is 4.79 Å². The Kier molecular flexibility index (Phi) is 5.19. The average molecular weight is 322 g/mol. The van der Waals surface area contributed by atoms with E-state index in [0.717, 1.165) is 5.56 Å². The molecular formula is C10H10Br2O2. The fourth-order valence-corrected chi connectivity index (χ4v) is 1.28. The second-order valence-corrected chi connectivity index (χ2v) is 4.47. The fraction of sp³-hybridized carbons (Fsp3) is 0.300. The minimum absolute atomic E-state index is 0.245. The molecule has 2 nitrogen and oxygen atoms in total. The Morgan fingerprint density at radius 1 is 1.36 bits per heavy atom. The summed E-state index contributed by atoms with van der Waals surface area (Å²) >= 11 is 6.39. The Morgan fingerprint density at radius 2 is 2.00 bits per heavy atom. The first-order valence-electron chi connectivity index (χ1n) is 4.14. The first kappa shape index (κ1) is 11.7. The number of halogens is 2. The Bertz CT molecular complexity index is 287. The maximum absolute atomic E-state index is 11.2. The highest BCUT2D eigenvalue weighted by Gasteiger charge is 2.14. The molecule has 0 spiro atoms. The zero-order valence-electron chi connectivity index (χ0n) is 7.45. The smallest absolute Gasteiger partial charge is 0.320 e. The van der Waals surface area contributed by atoms with Crippen LogP contribution in [0.4, 0.5) is 0 Å². The van der Waals surface area contributed by atoms with Crippen molar-refractivity contribution >= 4 is 37.8 Å². The Labute approximate surface area is 99.9 Å². The highest BCUT2D eigenvalue weighted by molar-refractivity contribution is 9.12. The minimum atomic E-state index is -0.272. The topological polar surface area (TPSA) is 26.3 Å². The van der Waals surface area contributed by atoms with Gasteiger partial charge in [0.25, 0.3) is 0 Å². The molecule has 1 aromatic rings. The molecule has 0 bridgehead atoms. The summed E-state index contributed by atoms with van der Waals surface area (Å²) in [5.74, 6) is -0.245. The second kappa shape index (κ2) is 6.19. The summed E-state index contributed by atoms with van der Waals surface area (Å²) in [5.41, 5.74) is 0.995. The Balaban J connectivity index is 2.38. The number of carbonyl (C=O) groups is 1. The van der Waals surface area contributed by atoms with Gasteiger partial charge >= 0.3 is 5.97 Å². The maximum atomic E-state index is 11.2. The molecule has 0 aromatic heterocycles. The third-order valence-electron chi connectivity index (χ3n) is 1.62. The molecular weight excluding hydrogens is 312 g/mol. The molecule has 0 aliphatic heterocycles. The van der Waals surface area contributed by atoms with Gasteiger partial charge in [0, 0.05) is 5.33 Å². The second-order valence-electron chi connectivity index (χ2n) is 2.72. The first-order chi connectivity index (χ1) is 6.74. The van der Waals surface area contributed by atoms with Crippen LogP contribution in [0.3, 0.4) is 0 Å². The van der Waals surface area contributed by atoms with Gasteiger partial charge in [0.1, 0.15) is 11.4 Å². The highest BCUT2D eigenvalue weighted by atomic mass is 79.9. The number of hydrogen-bond donors (Lipinski definition) is 0. The molecule has 1 atom stereocenters. The van der Waals surface area contributed by atoms with Gasteiger partial charge in [-0.1, -0.05) is 62.2 Å². The molecule has 1 aromatic carbocycles. The lowest BCUT2D eigenvalue weighted by Gasteiger charge is -2.07. The molecule has 0 unspecified atom stereocenters. The van der Waals surface area contributed by atoms with Gasteiger partial charge in [0.2, 0.25) is 0 Å². The number of alkyl halides is 2. The molecule has 1 rings (SSSR count). The van der Waals surface area contributed by atoms with Crippen LogP contribution in [0.2, 0.25) is 0 Å². The van der Waals surface area contributed by atoms with E-state index < -0.39 is 0 Å². The zero-order chi connectivity index (χ0) is 10.4. The molecule has 0 aliphatic carbocycles. The zero-order valence-corrected chi connectivity index (χ0v) is 10.6. The predicted octanol–water partition coefficient (Wildman–Crippen LogP) is 2.89. The highest BCUT2D eigenvalue weighted by Crippen LogP contribution is 2.08. The van der Waals surface area contributed by atoms with Gasteiger partial charge in [-0.25, -0.2) is 0 Å². The quantitative estimate of drug-likeness (QED) is 0.629. The molecule has 0 saturated heterocycles. The van der Waals surface area contributed by atoms with E-state index in [4.69, 9.17) is 4.74 Å². The molecule has 0 heterocycles. The Morgan fingerprint density at radius 3 is 2.57 bits per heavy atom. The van der Waals surface area contributed by atoms with Crippen molar-refractivity contribution in [2.45, 2.75) is 11.4 Å². The molecule has 0 radical (unpaired) electrons. The van der Waals surface area contributed by atoms with Crippen LogP contribution >= 0.6 is 31.9 Å². The summed E-state index contributed by atoms with van der Waals surface area (Å²) in [4.78, 5) is 11.0. The van der Waals surface area contributed by atoms with Crippen LogP contribution < -0.4 is 0 Å². The summed E-state index contributed by atoms with van der Waals surface area (Å²) in [5, 5.41) is 0.556. The van der Waals surface area contributed by atoms with E-state index in [0.29, 0.717) is 11.9 Å². The molecule has 0 amide bonds. The molecule has 4 heteroatoms. The number of hydrogen-bond acceptors (Lipinski definition) is 2. The number of benzene rings is 1. The molecule has 76 valence electrons. The van der Waals surface area contributed by atoms with Crippen LogP contribution in [-0.4, -0.2) is 16.1 Å². The fourth-order valence-electron chi connectivity index (χ4n) is 0.882. The van der Waals surface area contributed by atoms with E-state index in [1.807, 2.05) is 30.3 Å². The van der Waals surface area contributed by atoms with Gasteiger partial charge in [-0.2, -0.15) is 0 Å². The normalized spacial score (nSPS) is 12.1. The lowest BCUT2D eigenvalue weighted by Crippen LogP contribution is -2.18. The summed E-state index contributed by atoms with van der Waals surface area (Å²) < 4.78 is 5.06. The maximum Gasteiger partial charge on any atom is 0.320 e. The van der Waals surface area contributed by atoms with Crippen molar-refractivity contribution in [2.24, 2.45) is 0 Å². The largest absolute Gasteiger partial charge is 0.460 e. The molecule has 0 aliphatic rings. The van der Waals surface area contributed by atoms with Crippen molar-refractivity contribution in [2.75, 3.05) is 5.33 Å². The van der Waals surface area contributed by atoms with Gasteiger partial charge in [0.15, 0.2) is 0 Å². The number of ether oxygens (including phenoxy) is 1. The van der Waals surface area contributed by atoms with Crippen molar-refractivity contribution in [3.05, 3.63) is 35.9 Å². The third-order valence-corrected chi connectivity index (χ3v) is 3.83. The minimum Gasteiger partial charge on any atom is -0.460 e. The van der Waals surface area contributed by atoms with Crippen molar-refractivity contribution in [3.63, 3.8) is 0 Å². The summed E-state index contributed by atoms with van der Waals surface area (Å²) in [7, 11) is 0. The van der Waals surface area contributed by atoms with Gasteiger partial charge in [-0.15, -0.1) is 0 Å². The predicted molar refractivity (Wildman–Crippen MR) is 62.7 cm³/mol. The molecule has 0 N–H and O–H groups in total. The van der Waals surface area contributed by atoms with Crippen molar-refractivity contribution in [1.82, 2.24) is 0 Å². The van der Waals surface area contributed by atoms with Gasteiger partial charge < -0.3 is 4.74 Å². The SMILES string of the molecule is O=C(OCc1ccccc1)[C@H](Br)CBr. The van der Waals surface area contributed by atoms with Crippen LogP contribution in [0.25, 0.3) is 0 Å². The van der Waals surface area contributed by atoms with Crippen LogP contribution in [0.1, 0.15) is 5.56 Å². The van der Waals surface area contributed by atoms with E-state index >= 15 is 0 Å². The molecule has 0 saturated carbocycles. The van der Waals surface area contributed by atoms with Crippen molar-refractivity contribution < 1.29 is 9.53 Å². The van der Waals surface area contributed by atoms with Gasteiger partial charge in [-0.3, -0.25) is 4.79 Å². The molecule has 14 heavy (non-hydrogen) atoms. The number of carbonyl (C=O) groups excluding carboxylic acids is 1. The summed E-state index contributed by atoms with van der Waals surface area (Å²) in [6.07, 6.45) is 0. The van der Waals surface area contributed by atoms with Crippen LogP contribution in [0.15, 0.2) is 30.3 Å². The van der Waals surface area contributed by atoms with Crippen LogP contribution in [0.5, 0.6) is 0 Å². The lowest BCUT2D eigenvalue weighted by molar-refractivity contribution is -0.143. The van der Waals surface area contributed by atoms with Gasteiger partial charge in [0.05, 0.1) is 0 Å². The summed E-state index contributed by atoms with van der Waals surface area (Å²) in [6, 6.07) is 9.60. The van der Waals surface area contributed by atoms with E-state index in [1.54, 1.807) is 0 Å². The van der Waals surface area contributed by atoms with Crippen LogP contribution in [0, 0.1) is 0 Å². The monoisotopic (exact) mass is 320 g/mol. The van der Waals surface area contributed by atoms with E-state index in [-0.39, 0.29) is 10.8 Å². The standard InChI is InChI=1S/C10H10Br2O2/c11-6-9(12)10(13)14-7-8-4-2-1-3-5-8/h1-5,9H,6-7H2/t9-/m1/s1. The average Bonchev–Trinajstić information content (AvgIpc) is 2.26. The number of rotatable bonds is 4. The number of esters is 1. The lowest BCUT2D eigenvalue weighted by atomic mass is 10.2.